The van der Waals surface area contributed by atoms with Gasteiger partial charge in [-0.25, -0.2) is 8.42 Å². The van der Waals surface area contributed by atoms with Crippen LogP contribution < -0.4 is 0 Å². The molecule has 1 N–H and O–H groups in total. The molecule has 0 amide bonds. The second kappa shape index (κ2) is 6.04. The van der Waals surface area contributed by atoms with Gasteiger partial charge in [0.25, 0.3) is 0 Å². The molecule has 2 aromatic heterocycles. The maximum atomic E-state index is 13.4. The molecule has 0 spiro atoms. The fourth-order valence-electron chi connectivity index (χ4n) is 4.09. The van der Waals surface area contributed by atoms with E-state index in [1.165, 1.54) is 4.31 Å². The van der Waals surface area contributed by atoms with Crippen LogP contribution in [-0.4, -0.2) is 27.9 Å². The first-order valence-corrected chi connectivity index (χ1v) is 10.4. The number of rotatable bonds is 2. The van der Waals surface area contributed by atoms with E-state index in [1.54, 1.807) is 24.4 Å². The van der Waals surface area contributed by atoms with Crippen LogP contribution in [0.25, 0.3) is 0 Å². The third-order valence-electron chi connectivity index (χ3n) is 5.31. The summed E-state index contributed by atoms with van der Waals surface area (Å²) in [6, 6.07) is 5.62. The number of hydrogen-bond acceptors (Lipinski definition) is 4. The molecule has 2 bridgehead atoms. The summed E-state index contributed by atoms with van der Waals surface area (Å²) in [5.41, 5.74) is 1.93. The molecule has 29 heavy (non-hydrogen) atoms. The number of nitrogens with one attached hydrogen (secondary N) is 1. The largest absolute Gasteiger partial charge is 0.433 e. The van der Waals surface area contributed by atoms with Crippen LogP contribution >= 0.6 is 11.6 Å². The number of fused-ring (bicyclic) bond motifs is 7. The average molecular weight is 441 g/mol. The third kappa shape index (κ3) is 2.70. The van der Waals surface area contributed by atoms with Crippen LogP contribution in [0, 0.1) is 0 Å². The van der Waals surface area contributed by atoms with Crippen LogP contribution in [0.1, 0.15) is 40.2 Å². The second-order valence-electron chi connectivity index (χ2n) is 6.91. The minimum absolute atomic E-state index is 0.300. The van der Waals surface area contributed by atoms with Crippen LogP contribution in [0.3, 0.4) is 0 Å². The normalized spacial score (nSPS) is 21.1. The SMILES string of the molecule is O=S(=O)(c1ccc(C(F)(F)F)nc1)N1C2Cc3[nH]ncc3C1c1cc(Cl)ccc12. The van der Waals surface area contributed by atoms with E-state index in [-0.39, 0.29) is 4.90 Å². The number of benzene rings is 1. The molecule has 0 saturated heterocycles. The van der Waals surface area contributed by atoms with Crippen molar-refractivity contribution in [3.63, 3.8) is 0 Å². The Hall–Kier alpha value is -2.43. The molecule has 2 aliphatic rings. The number of nitrogens with zero attached hydrogens (tertiary/aromatic N) is 3. The summed E-state index contributed by atoms with van der Waals surface area (Å²) >= 11 is 6.15. The standard InChI is InChI=1S/C18H12ClF3N4O2S/c19-9-1-3-11-12(5-9)17-13-8-24-25-14(13)6-15(11)26(17)29(27,28)10-2-4-16(23-7-10)18(20,21)22/h1-5,7-8,15,17H,6H2,(H,24,25). The second-order valence-corrected chi connectivity index (χ2v) is 9.19. The van der Waals surface area contributed by atoms with Gasteiger partial charge in [-0.3, -0.25) is 10.1 Å². The molecule has 2 atom stereocenters. The molecule has 1 aromatic carbocycles. The van der Waals surface area contributed by atoms with Crippen molar-refractivity contribution in [1.29, 1.82) is 0 Å². The van der Waals surface area contributed by atoms with Crippen LogP contribution in [0.15, 0.2) is 47.6 Å². The molecule has 150 valence electrons. The fraction of sp³-hybridized carbons (Fsp3) is 0.222. The Labute approximate surface area is 168 Å². The summed E-state index contributed by atoms with van der Waals surface area (Å²) < 4.78 is 66.6. The van der Waals surface area contributed by atoms with Crippen molar-refractivity contribution in [3.05, 3.63) is 75.8 Å². The minimum Gasteiger partial charge on any atom is -0.282 e. The van der Waals surface area contributed by atoms with Crippen molar-refractivity contribution < 1.29 is 21.6 Å². The van der Waals surface area contributed by atoms with Crippen molar-refractivity contribution in [3.8, 4) is 0 Å². The van der Waals surface area contributed by atoms with E-state index in [2.05, 4.69) is 15.2 Å². The molecule has 6 nitrogen and oxygen atoms in total. The van der Waals surface area contributed by atoms with Crippen LogP contribution in [0.5, 0.6) is 0 Å². The third-order valence-corrected chi connectivity index (χ3v) is 7.40. The lowest BCUT2D eigenvalue weighted by Crippen LogP contribution is -2.37. The van der Waals surface area contributed by atoms with Crippen LogP contribution in [-0.2, 0) is 22.6 Å². The smallest absolute Gasteiger partial charge is 0.282 e. The highest BCUT2D eigenvalue weighted by atomic mass is 35.5. The number of H-pyrrole nitrogens is 1. The molecule has 4 heterocycles. The molecule has 5 rings (SSSR count). The highest BCUT2D eigenvalue weighted by molar-refractivity contribution is 7.89. The molecular weight excluding hydrogens is 429 g/mol. The minimum atomic E-state index is -4.65. The average Bonchev–Trinajstić information content (AvgIpc) is 3.23. The van der Waals surface area contributed by atoms with Crippen LogP contribution in [0.2, 0.25) is 5.02 Å². The van der Waals surface area contributed by atoms with Gasteiger partial charge in [0.05, 0.1) is 18.3 Å². The summed E-state index contributed by atoms with van der Waals surface area (Å²) in [7, 11) is -4.14. The quantitative estimate of drug-likeness (QED) is 0.656. The molecular formula is C18H12ClF3N4O2S. The van der Waals surface area contributed by atoms with Crippen molar-refractivity contribution >= 4 is 21.6 Å². The highest BCUT2D eigenvalue weighted by Crippen LogP contribution is 2.54. The zero-order chi connectivity index (χ0) is 20.6. The molecule has 2 aliphatic heterocycles. The number of alkyl halides is 3. The predicted octanol–water partition coefficient (Wildman–Crippen LogP) is 3.87. The van der Waals surface area contributed by atoms with E-state index < -0.39 is 34.0 Å². The Morgan fingerprint density at radius 1 is 1.10 bits per heavy atom. The van der Waals surface area contributed by atoms with E-state index in [4.69, 9.17) is 11.6 Å². The molecule has 0 saturated carbocycles. The Bertz CT molecular complexity index is 1220. The summed E-state index contributed by atoms with van der Waals surface area (Å²) in [6.07, 6.45) is -1.96. The van der Waals surface area contributed by atoms with Crippen molar-refractivity contribution in [2.24, 2.45) is 0 Å². The Balaban J connectivity index is 1.64. The monoisotopic (exact) mass is 440 g/mol. The number of halogens is 4. The lowest BCUT2D eigenvalue weighted by atomic mass is 10.0. The lowest BCUT2D eigenvalue weighted by Gasteiger charge is -2.33. The summed E-state index contributed by atoms with van der Waals surface area (Å²) in [6.45, 7) is 0. The van der Waals surface area contributed by atoms with Gasteiger partial charge in [-0.1, -0.05) is 17.7 Å². The van der Waals surface area contributed by atoms with Gasteiger partial charge in [0.15, 0.2) is 0 Å². The van der Waals surface area contributed by atoms with Crippen molar-refractivity contribution in [2.45, 2.75) is 29.6 Å². The summed E-state index contributed by atoms with van der Waals surface area (Å²) in [5, 5.41) is 7.40. The fourth-order valence-corrected chi connectivity index (χ4v) is 5.97. The van der Waals surface area contributed by atoms with Gasteiger partial charge in [0, 0.05) is 28.9 Å². The first kappa shape index (κ1) is 18.6. The van der Waals surface area contributed by atoms with Gasteiger partial charge in [-0.15, -0.1) is 0 Å². The number of hydrogen-bond donors (Lipinski definition) is 1. The van der Waals surface area contributed by atoms with Crippen LogP contribution in [0.4, 0.5) is 13.2 Å². The van der Waals surface area contributed by atoms with Gasteiger partial charge in [-0.05, 0) is 35.4 Å². The van der Waals surface area contributed by atoms with E-state index >= 15 is 0 Å². The Morgan fingerprint density at radius 2 is 1.90 bits per heavy atom. The molecule has 0 radical (unpaired) electrons. The maximum Gasteiger partial charge on any atom is 0.433 e. The molecule has 0 aliphatic carbocycles. The molecule has 11 heteroatoms. The summed E-state index contributed by atoms with van der Waals surface area (Å²) in [5.74, 6) is 0. The summed E-state index contributed by atoms with van der Waals surface area (Å²) in [4.78, 5) is 3.01. The van der Waals surface area contributed by atoms with E-state index in [9.17, 15) is 21.6 Å². The van der Waals surface area contributed by atoms with Gasteiger partial charge >= 0.3 is 6.18 Å². The zero-order valence-corrected chi connectivity index (χ0v) is 16.1. The van der Waals surface area contributed by atoms with Crippen molar-refractivity contribution in [2.75, 3.05) is 0 Å². The number of aromatic nitrogens is 3. The lowest BCUT2D eigenvalue weighted by molar-refractivity contribution is -0.141. The predicted molar refractivity (Wildman–Crippen MR) is 96.6 cm³/mol. The van der Waals surface area contributed by atoms with E-state index in [0.717, 1.165) is 29.1 Å². The first-order valence-electron chi connectivity index (χ1n) is 8.56. The topological polar surface area (TPSA) is 79.0 Å². The number of sulfonamides is 1. The van der Waals surface area contributed by atoms with Gasteiger partial charge < -0.3 is 0 Å². The Morgan fingerprint density at radius 3 is 2.59 bits per heavy atom. The van der Waals surface area contributed by atoms with Gasteiger partial charge in [-0.2, -0.15) is 22.6 Å². The zero-order valence-electron chi connectivity index (χ0n) is 14.5. The molecule has 2 unspecified atom stereocenters. The van der Waals surface area contributed by atoms with Gasteiger partial charge in [0.2, 0.25) is 10.0 Å². The number of pyridine rings is 1. The Kier molecular flexibility index (Phi) is 3.87. The molecule has 3 aromatic rings. The van der Waals surface area contributed by atoms with E-state index in [1.807, 2.05) is 0 Å². The van der Waals surface area contributed by atoms with Gasteiger partial charge in [0.1, 0.15) is 10.6 Å². The highest BCUT2D eigenvalue weighted by Gasteiger charge is 2.51. The van der Waals surface area contributed by atoms with E-state index in [0.29, 0.717) is 23.1 Å². The van der Waals surface area contributed by atoms with Crippen molar-refractivity contribution in [1.82, 2.24) is 19.5 Å². The number of aromatic amines is 1. The molecule has 0 fully saturated rings. The first-order chi connectivity index (χ1) is 13.7. The maximum absolute atomic E-state index is 13.4.